The molecule has 9 heavy (non-hydrogen) atoms. The van der Waals surface area contributed by atoms with Crippen LogP contribution in [-0.4, -0.2) is 0 Å². The monoisotopic (exact) mass is 137 g/mol. The lowest BCUT2D eigenvalue weighted by Crippen LogP contribution is -1.64. The summed E-state index contributed by atoms with van der Waals surface area (Å²) in [7, 11) is 0. The summed E-state index contributed by atoms with van der Waals surface area (Å²) in [6, 6.07) is 2.11. The quantitative estimate of drug-likeness (QED) is 0.558. The molecule has 0 atom stereocenters. The van der Waals surface area contributed by atoms with Gasteiger partial charge in [0, 0.05) is 4.88 Å². The molecule has 1 heterocycles. The number of hydrogen-bond acceptors (Lipinski definition) is 1. The van der Waals surface area contributed by atoms with E-state index < -0.39 is 0 Å². The summed E-state index contributed by atoms with van der Waals surface area (Å²) >= 11 is 1.75. The lowest BCUT2D eigenvalue weighted by atomic mass is 10.3. The first-order chi connectivity index (χ1) is 4.34. The van der Waals surface area contributed by atoms with E-state index in [1.165, 1.54) is 10.4 Å². The number of thiophene rings is 1. The van der Waals surface area contributed by atoms with Gasteiger partial charge in [0.1, 0.15) is 0 Å². The van der Waals surface area contributed by atoms with Gasteiger partial charge < -0.3 is 0 Å². The molecular formula is C8H9S. The first kappa shape index (κ1) is 6.56. The summed E-state index contributed by atoms with van der Waals surface area (Å²) in [5.41, 5.74) is 1.33. The Balaban J connectivity index is 2.94. The van der Waals surface area contributed by atoms with Crippen molar-refractivity contribution in [1.82, 2.24) is 0 Å². The largest absolute Gasteiger partial charge is 0.144 e. The van der Waals surface area contributed by atoms with E-state index in [1.54, 1.807) is 11.3 Å². The molecule has 0 aliphatic carbocycles. The molecule has 0 saturated heterocycles. The van der Waals surface area contributed by atoms with Crippen LogP contribution in [0.3, 0.4) is 0 Å². The van der Waals surface area contributed by atoms with E-state index in [9.17, 15) is 0 Å². The summed E-state index contributed by atoms with van der Waals surface area (Å²) in [5, 5.41) is 2.09. The maximum atomic E-state index is 3.63. The second kappa shape index (κ2) is 2.83. The molecule has 0 fully saturated rings. The van der Waals surface area contributed by atoms with Crippen molar-refractivity contribution < 1.29 is 0 Å². The van der Waals surface area contributed by atoms with Gasteiger partial charge >= 0.3 is 0 Å². The molecule has 0 N–H and O–H groups in total. The van der Waals surface area contributed by atoms with Crippen LogP contribution in [0.2, 0.25) is 0 Å². The van der Waals surface area contributed by atoms with E-state index in [-0.39, 0.29) is 0 Å². The average molecular weight is 137 g/mol. The predicted octanol–water partition coefficient (Wildman–Crippen LogP) is 2.90. The number of hydrogen-bond donors (Lipinski definition) is 0. The molecule has 47 valence electrons. The van der Waals surface area contributed by atoms with Crippen molar-refractivity contribution in [2.45, 2.75) is 6.92 Å². The minimum absolute atomic E-state index is 1.31. The average Bonchev–Trinajstić information content (AvgIpc) is 2.18. The maximum Gasteiger partial charge on any atom is 0.0296 e. The first-order valence-electron chi connectivity index (χ1n) is 2.84. The highest BCUT2D eigenvalue weighted by Gasteiger charge is 1.90. The summed E-state index contributed by atoms with van der Waals surface area (Å²) in [4.78, 5) is 1.31. The topological polar surface area (TPSA) is 0 Å². The Morgan fingerprint density at radius 3 is 2.89 bits per heavy atom. The first-order valence-corrected chi connectivity index (χ1v) is 3.72. The third-order valence-electron chi connectivity index (χ3n) is 1.17. The van der Waals surface area contributed by atoms with E-state index in [0.717, 1.165) is 0 Å². The van der Waals surface area contributed by atoms with E-state index in [4.69, 9.17) is 0 Å². The van der Waals surface area contributed by atoms with E-state index in [0.29, 0.717) is 0 Å². The lowest BCUT2D eigenvalue weighted by molar-refractivity contribution is 1.54. The molecule has 0 nitrogen and oxygen atoms in total. The van der Waals surface area contributed by atoms with Crippen LogP contribution in [0.1, 0.15) is 10.4 Å². The summed E-state index contributed by atoms with van der Waals surface area (Å²) < 4.78 is 0. The van der Waals surface area contributed by atoms with Crippen molar-refractivity contribution in [2.24, 2.45) is 0 Å². The Morgan fingerprint density at radius 1 is 1.67 bits per heavy atom. The second-order valence-electron chi connectivity index (χ2n) is 1.87. The van der Waals surface area contributed by atoms with Crippen molar-refractivity contribution in [3.63, 3.8) is 0 Å². The molecule has 0 unspecified atom stereocenters. The molecule has 1 heteroatoms. The predicted molar refractivity (Wildman–Crippen MR) is 43.4 cm³/mol. The maximum absolute atomic E-state index is 3.63. The molecule has 1 aromatic heterocycles. The standard InChI is InChI=1S/C8H9S/c1-3-4-8-7(2)5-6-9-8/h3-6H,1H2,2H3/b4-3+. The third-order valence-corrected chi connectivity index (χ3v) is 2.16. The van der Waals surface area contributed by atoms with Crippen molar-refractivity contribution in [3.8, 4) is 0 Å². The SMILES string of the molecule is [CH2]/C=C/c1sccc1C. The van der Waals surface area contributed by atoms with Crippen LogP contribution in [0.4, 0.5) is 0 Å². The molecule has 0 bridgehead atoms. The molecule has 0 aliphatic rings. The van der Waals surface area contributed by atoms with Crippen LogP contribution in [0, 0.1) is 13.8 Å². The fourth-order valence-corrected chi connectivity index (χ4v) is 1.51. The molecule has 0 aliphatic heterocycles. The lowest BCUT2D eigenvalue weighted by Gasteiger charge is -1.84. The Bertz CT molecular complexity index is 208. The molecule has 0 amide bonds. The Hall–Kier alpha value is -0.560. The normalized spacial score (nSPS) is 10.9. The van der Waals surface area contributed by atoms with E-state index >= 15 is 0 Å². The zero-order chi connectivity index (χ0) is 6.69. The minimum Gasteiger partial charge on any atom is -0.144 e. The molecule has 1 rings (SSSR count). The van der Waals surface area contributed by atoms with Gasteiger partial charge in [-0.15, -0.1) is 11.3 Å². The van der Waals surface area contributed by atoms with Crippen LogP contribution in [0.15, 0.2) is 17.5 Å². The van der Waals surface area contributed by atoms with Gasteiger partial charge in [0.15, 0.2) is 0 Å². The fraction of sp³-hybridized carbons (Fsp3) is 0.125. The molecule has 0 spiro atoms. The molecule has 0 aromatic carbocycles. The Kier molecular flexibility index (Phi) is 2.06. The van der Waals surface area contributed by atoms with E-state index in [2.05, 4.69) is 25.3 Å². The number of aryl methyl sites for hydroxylation is 1. The zero-order valence-corrected chi connectivity index (χ0v) is 6.24. The smallest absolute Gasteiger partial charge is 0.0296 e. The van der Waals surface area contributed by atoms with Crippen molar-refractivity contribution in [3.05, 3.63) is 34.9 Å². The Labute approximate surface area is 59.8 Å². The van der Waals surface area contributed by atoms with Crippen LogP contribution in [0.25, 0.3) is 6.08 Å². The highest BCUT2D eigenvalue weighted by atomic mass is 32.1. The third kappa shape index (κ3) is 1.42. The number of allylic oxidation sites excluding steroid dienone is 1. The van der Waals surface area contributed by atoms with Gasteiger partial charge in [0.05, 0.1) is 0 Å². The zero-order valence-electron chi connectivity index (χ0n) is 5.42. The van der Waals surface area contributed by atoms with Crippen LogP contribution < -0.4 is 0 Å². The molecule has 1 radical (unpaired) electrons. The van der Waals surface area contributed by atoms with Gasteiger partial charge in [-0.1, -0.05) is 6.08 Å². The van der Waals surface area contributed by atoms with Crippen molar-refractivity contribution in [1.29, 1.82) is 0 Å². The summed E-state index contributed by atoms with van der Waals surface area (Å²) in [5.74, 6) is 0. The van der Waals surface area contributed by atoms with Gasteiger partial charge in [-0.25, -0.2) is 0 Å². The van der Waals surface area contributed by atoms with Gasteiger partial charge in [0.25, 0.3) is 0 Å². The number of rotatable bonds is 1. The fourth-order valence-electron chi connectivity index (χ4n) is 0.662. The highest BCUT2D eigenvalue weighted by molar-refractivity contribution is 7.11. The summed E-state index contributed by atoms with van der Waals surface area (Å²) in [6.45, 7) is 5.73. The van der Waals surface area contributed by atoms with Crippen LogP contribution in [0.5, 0.6) is 0 Å². The molecule has 0 saturated carbocycles. The van der Waals surface area contributed by atoms with Crippen LogP contribution >= 0.6 is 11.3 Å². The summed E-state index contributed by atoms with van der Waals surface area (Å²) in [6.07, 6.45) is 3.85. The van der Waals surface area contributed by atoms with Crippen LogP contribution in [-0.2, 0) is 0 Å². The van der Waals surface area contributed by atoms with Gasteiger partial charge in [0.2, 0.25) is 0 Å². The Morgan fingerprint density at radius 2 is 2.44 bits per heavy atom. The molecular weight excluding hydrogens is 128 g/mol. The van der Waals surface area contributed by atoms with Crippen molar-refractivity contribution in [2.75, 3.05) is 0 Å². The van der Waals surface area contributed by atoms with E-state index in [1.807, 2.05) is 12.2 Å². The van der Waals surface area contributed by atoms with Crippen molar-refractivity contribution >= 4 is 17.4 Å². The van der Waals surface area contributed by atoms with Gasteiger partial charge in [-0.05, 0) is 36.9 Å². The van der Waals surface area contributed by atoms with Gasteiger partial charge in [-0.3, -0.25) is 0 Å². The van der Waals surface area contributed by atoms with Gasteiger partial charge in [-0.2, -0.15) is 0 Å². The highest BCUT2D eigenvalue weighted by Crippen LogP contribution is 2.16. The molecule has 1 aromatic rings. The second-order valence-corrected chi connectivity index (χ2v) is 2.82. The minimum atomic E-state index is 1.31.